The fraction of sp³-hybridized carbons (Fsp3) is 0.500. The van der Waals surface area contributed by atoms with E-state index in [0.29, 0.717) is 12.2 Å². The highest BCUT2D eigenvalue weighted by atomic mass is 19.1. The van der Waals surface area contributed by atoms with Gasteiger partial charge in [0.15, 0.2) is 11.6 Å². The quantitative estimate of drug-likeness (QED) is 0.827. The lowest BCUT2D eigenvalue weighted by atomic mass is 9.92. The highest BCUT2D eigenvalue weighted by molar-refractivity contribution is 5.82. The minimum absolute atomic E-state index is 0.149. The molecule has 0 heterocycles. The maximum absolute atomic E-state index is 13.6. The van der Waals surface area contributed by atoms with Crippen molar-refractivity contribution >= 4 is 5.91 Å². The Kier molecular flexibility index (Phi) is 5.30. The molecule has 0 unspecified atom stereocenters. The zero-order valence-corrected chi connectivity index (χ0v) is 11.6. The van der Waals surface area contributed by atoms with Crippen LogP contribution in [0.3, 0.4) is 0 Å². The van der Waals surface area contributed by atoms with Crippen molar-refractivity contribution in [2.45, 2.75) is 27.3 Å². The van der Waals surface area contributed by atoms with Crippen molar-refractivity contribution in [2.24, 2.45) is 11.1 Å². The van der Waals surface area contributed by atoms with Crippen LogP contribution in [0.15, 0.2) is 18.2 Å². The normalized spacial score (nSPS) is 11.2. The van der Waals surface area contributed by atoms with Gasteiger partial charge in [0, 0.05) is 13.1 Å². The topological polar surface area (TPSA) is 64.3 Å². The van der Waals surface area contributed by atoms with Crippen LogP contribution in [0.5, 0.6) is 5.75 Å². The van der Waals surface area contributed by atoms with E-state index in [1.807, 2.05) is 0 Å². The van der Waals surface area contributed by atoms with Crippen molar-refractivity contribution in [1.82, 2.24) is 5.32 Å². The Hall–Kier alpha value is -1.62. The van der Waals surface area contributed by atoms with Crippen molar-refractivity contribution in [3.05, 3.63) is 29.6 Å². The molecule has 1 amide bonds. The predicted octanol–water partition coefficient (Wildman–Crippen LogP) is 1.83. The highest BCUT2D eigenvalue weighted by Crippen LogP contribution is 2.18. The number of rotatable bonds is 6. The van der Waals surface area contributed by atoms with Crippen molar-refractivity contribution in [3.63, 3.8) is 0 Å². The summed E-state index contributed by atoms with van der Waals surface area (Å²) in [5.41, 5.74) is 5.58. The van der Waals surface area contributed by atoms with Crippen molar-refractivity contribution < 1.29 is 13.9 Å². The summed E-state index contributed by atoms with van der Waals surface area (Å²) < 4.78 is 18.7. The molecule has 0 atom stereocenters. The van der Waals surface area contributed by atoms with E-state index in [9.17, 15) is 9.18 Å². The second-order valence-electron chi connectivity index (χ2n) is 4.97. The lowest BCUT2D eigenvalue weighted by Crippen LogP contribution is -2.41. The van der Waals surface area contributed by atoms with Gasteiger partial charge in [0.25, 0.3) is 0 Å². The van der Waals surface area contributed by atoms with Crippen molar-refractivity contribution in [3.8, 4) is 5.75 Å². The Morgan fingerprint density at radius 1 is 1.47 bits per heavy atom. The summed E-state index contributed by atoms with van der Waals surface area (Å²) in [5, 5.41) is 2.74. The molecule has 0 aromatic heterocycles. The Morgan fingerprint density at radius 2 is 2.16 bits per heavy atom. The zero-order valence-electron chi connectivity index (χ0n) is 11.6. The molecule has 0 spiro atoms. The van der Waals surface area contributed by atoms with Crippen LogP contribution in [-0.4, -0.2) is 19.1 Å². The molecule has 5 heteroatoms. The molecule has 0 bridgehead atoms. The van der Waals surface area contributed by atoms with E-state index in [-0.39, 0.29) is 24.7 Å². The van der Waals surface area contributed by atoms with Crippen molar-refractivity contribution in [2.75, 3.05) is 13.2 Å². The van der Waals surface area contributed by atoms with Gasteiger partial charge in [-0.15, -0.1) is 0 Å². The summed E-state index contributed by atoms with van der Waals surface area (Å²) >= 11 is 0. The second kappa shape index (κ2) is 6.52. The number of nitrogens with two attached hydrogens (primary N) is 1. The first-order valence-corrected chi connectivity index (χ1v) is 6.30. The van der Waals surface area contributed by atoms with Crippen LogP contribution in [-0.2, 0) is 11.3 Å². The van der Waals surface area contributed by atoms with Gasteiger partial charge in [-0.05, 0) is 38.5 Å². The third-order valence-corrected chi connectivity index (χ3v) is 2.87. The maximum atomic E-state index is 13.6. The molecule has 0 radical (unpaired) electrons. The monoisotopic (exact) mass is 268 g/mol. The number of carbonyl (C=O) groups is 1. The van der Waals surface area contributed by atoms with Gasteiger partial charge in [-0.1, -0.05) is 6.07 Å². The Labute approximate surface area is 113 Å². The Morgan fingerprint density at radius 3 is 2.68 bits per heavy atom. The van der Waals surface area contributed by atoms with Gasteiger partial charge in [0.2, 0.25) is 5.91 Å². The summed E-state index contributed by atoms with van der Waals surface area (Å²) in [4.78, 5) is 11.8. The van der Waals surface area contributed by atoms with E-state index in [4.69, 9.17) is 10.5 Å². The number of carbonyl (C=O) groups excluding carboxylic acids is 1. The highest BCUT2D eigenvalue weighted by Gasteiger charge is 2.25. The first-order valence-electron chi connectivity index (χ1n) is 6.30. The minimum Gasteiger partial charge on any atom is -0.491 e. The molecule has 0 saturated carbocycles. The Balaban J connectivity index is 2.64. The number of hydrogen-bond donors (Lipinski definition) is 2. The summed E-state index contributed by atoms with van der Waals surface area (Å²) in [6.07, 6.45) is 0. The average Bonchev–Trinajstić information content (AvgIpc) is 2.39. The van der Waals surface area contributed by atoms with Crippen molar-refractivity contribution in [1.29, 1.82) is 0 Å². The van der Waals surface area contributed by atoms with Crippen LogP contribution < -0.4 is 15.8 Å². The smallest absolute Gasteiger partial charge is 0.227 e. The van der Waals surface area contributed by atoms with Gasteiger partial charge >= 0.3 is 0 Å². The fourth-order valence-corrected chi connectivity index (χ4v) is 1.44. The predicted molar refractivity (Wildman–Crippen MR) is 72.3 cm³/mol. The summed E-state index contributed by atoms with van der Waals surface area (Å²) in [5.74, 6) is -0.351. The molecular weight excluding hydrogens is 247 g/mol. The molecule has 0 aliphatic rings. The van der Waals surface area contributed by atoms with Crippen LogP contribution >= 0.6 is 0 Å². The van der Waals surface area contributed by atoms with Crippen LogP contribution in [0.4, 0.5) is 4.39 Å². The molecule has 1 rings (SSSR count). The molecule has 1 aromatic carbocycles. The van der Waals surface area contributed by atoms with E-state index in [0.717, 1.165) is 0 Å². The molecule has 4 nitrogen and oxygen atoms in total. The van der Waals surface area contributed by atoms with Crippen LogP contribution in [0.25, 0.3) is 0 Å². The third kappa shape index (κ3) is 4.21. The van der Waals surface area contributed by atoms with Gasteiger partial charge in [0.05, 0.1) is 12.0 Å². The molecule has 0 fully saturated rings. The van der Waals surface area contributed by atoms with Gasteiger partial charge in [-0.2, -0.15) is 0 Å². The molecule has 0 saturated heterocycles. The molecule has 3 N–H and O–H groups in total. The third-order valence-electron chi connectivity index (χ3n) is 2.87. The maximum Gasteiger partial charge on any atom is 0.227 e. The SMILES string of the molecule is CCOc1ccc(CNC(=O)C(C)(C)CN)cc1F. The van der Waals surface area contributed by atoms with Gasteiger partial charge < -0.3 is 15.8 Å². The molecule has 0 aliphatic carbocycles. The number of halogens is 1. The number of hydrogen-bond acceptors (Lipinski definition) is 3. The van der Waals surface area contributed by atoms with Crippen LogP contribution in [0.1, 0.15) is 26.3 Å². The van der Waals surface area contributed by atoms with E-state index in [2.05, 4.69) is 5.32 Å². The van der Waals surface area contributed by atoms with Crippen LogP contribution in [0, 0.1) is 11.2 Å². The molecular formula is C14H21FN2O2. The summed E-state index contributed by atoms with van der Waals surface area (Å²) in [7, 11) is 0. The molecule has 19 heavy (non-hydrogen) atoms. The number of amides is 1. The number of nitrogens with one attached hydrogen (secondary N) is 1. The van der Waals surface area contributed by atoms with Crippen LogP contribution in [0.2, 0.25) is 0 Å². The first kappa shape index (κ1) is 15.4. The number of benzene rings is 1. The average molecular weight is 268 g/mol. The molecule has 106 valence electrons. The van der Waals surface area contributed by atoms with Gasteiger partial charge in [-0.25, -0.2) is 4.39 Å². The standard InChI is InChI=1S/C14H21FN2O2/c1-4-19-12-6-5-10(7-11(12)15)8-17-13(18)14(2,3)9-16/h5-7H,4,8-9,16H2,1-3H3,(H,17,18). The largest absolute Gasteiger partial charge is 0.491 e. The first-order chi connectivity index (χ1) is 8.90. The van der Waals surface area contributed by atoms with E-state index >= 15 is 0 Å². The molecule has 0 aliphatic heterocycles. The van der Waals surface area contributed by atoms with Gasteiger partial charge in [0.1, 0.15) is 0 Å². The minimum atomic E-state index is -0.621. The second-order valence-corrected chi connectivity index (χ2v) is 4.97. The van der Waals surface area contributed by atoms with E-state index in [1.54, 1.807) is 32.9 Å². The lowest BCUT2D eigenvalue weighted by Gasteiger charge is -2.21. The Bertz CT molecular complexity index is 447. The van der Waals surface area contributed by atoms with E-state index < -0.39 is 11.2 Å². The lowest BCUT2D eigenvalue weighted by molar-refractivity contribution is -0.129. The zero-order chi connectivity index (χ0) is 14.5. The van der Waals surface area contributed by atoms with E-state index in [1.165, 1.54) is 6.07 Å². The van der Waals surface area contributed by atoms with Gasteiger partial charge in [-0.3, -0.25) is 4.79 Å². The fourth-order valence-electron chi connectivity index (χ4n) is 1.44. The number of ether oxygens (including phenoxy) is 1. The summed E-state index contributed by atoms with van der Waals surface area (Å²) in [6.45, 7) is 6.27. The molecule has 1 aromatic rings. The summed E-state index contributed by atoms with van der Waals surface area (Å²) in [6, 6.07) is 4.65.